The average Bonchev–Trinajstić information content (AvgIpc) is 3.20. The number of carbonyl (C=O) groups is 1. The number of hydrogen-bond donors (Lipinski definition) is 1. The van der Waals surface area contributed by atoms with E-state index in [4.69, 9.17) is 8.83 Å². The van der Waals surface area contributed by atoms with Gasteiger partial charge >= 0.3 is 0 Å². The summed E-state index contributed by atoms with van der Waals surface area (Å²) in [6.07, 6.45) is 3.95. The van der Waals surface area contributed by atoms with E-state index in [1.54, 1.807) is 24.5 Å². The Morgan fingerprint density at radius 1 is 1.19 bits per heavy atom. The van der Waals surface area contributed by atoms with E-state index in [2.05, 4.69) is 10.2 Å². The summed E-state index contributed by atoms with van der Waals surface area (Å²) in [4.78, 5) is 14.7. The van der Waals surface area contributed by atoms with E-state index in [0.717, 1.165) is 6.54 Å². The number of carbonyl (C=O) groups excluding carboxylic acids is 1. The van der Waals surface area contributed by atoms with Gasteiger partial charge in [-0.2, -0.15) is 0 Å². The lowest BCUT2D eigenvalue weighted by Gasteiger charge is -2.44. The summed E-state index contributed by atoms with van der Waals surface area (Å²) in [5.74, 6) is 2.04. The highest BCUT2D eigenvalue weighted by atomic mass is 16.4. The summed E-state index contributed by atoms with van der Waals surface area (Å²) in [5, 5.41) is 3.12. The van der Waals surface area contributed by atoms with Crippen LogP contribution >= 0.6 is 0 Å². The van der Waals surface area contributed by atoms with Crippen molar-refractivity contribution in [3.63, 3.8) is 0 Å². The maximum absolute atomic E-state index is 12.3. The first-order valence-electron chi connectivity index (χ1n) is 7.46. The van der Waals surface area contributed by atoms with Gasteiger partial charge in [0.05, 0.1) is 6.26 Å². The lowest BCUT2D eigenvalue weighted by molar-refractivity contribution is 0.0606. The standard InChI is InChI=1S/C16H18N2O3/c19-16(17-12-10-18-7-5-11(12)6-8-18)15-4-3-14(21-15)13-2-1-9-20-13/h1-4,9,11-12H,5-8,10H2,(H,17,19). The predicted molar refractivity (Wildman–Crippen MR) is 76.8 cm³/mol. The Labute approximate surface area is 122 Å². The minimum absolute atomic E-state index is 0.133. The van der Waals surface area contributed by atoms with Gasteiger partial charge in [-0.25, -0.2) is 0 Å². The van der Waals surface area contributed by atoms with Gasteiger partial charge in [-0.15, -0.1) is 0 Å². The number of rotatable bonds is 3. The third-order valence-corrected chi connectivity index (χ3v) is 4.57. The van der Waals surface area contributed by atoms with Crippen molar-refractivity contribution in [2.24, 2.45) is 5.92 Å². The molecule has 1 unspecified atom stereocenters. The van der Waals surface area contributed by atoms with Crippen molar-refractivity contribution >= 4 is 5.91 Å². The summed E-state index contributed by atoms with van der Waals surface area (Å²) in [6, 6.07) is 7.33. The van der Waals surface area contributed by atoms with Gasteiger partial charge in [0, 0.05) is 12.6 Å². The second-order valence-electron chi connectivity index (χ2n) is 5.86. The Bertz CT molecular complexity index is 624. The van der Waals surface area contributed by atoms with Gasteiger partial charge in [0.15, 0.2) is 17.3 Å². The molecule has 1 N–H and O–H groups in total. The number of fused-ring (bicyclic) bond motifs is 3. The average molecular weight is 286 g/mol. The molecule has 1 atom stereocenters. The molecule has 2 aromatic rings. The number of nitrogens with one attached hydrogen (secondary N) is 1. The molecule has 110 valence electrons. The molecule has 3 aliphatic rings. The molecule has 3 saturated heterocycles. The number of amides is 1. The first kappa shape index (κ1) is 12.7. The summed E-state index contributed by atoms with van der Waals surface area (Å²) < 4.78 is 10.9. The van der Waals surface area contributed by atoms with Crippen LogP contribution in [0.25, 0.3) is 11.5 Å². The van der Waals surface area contributed by atoms with Gasteiger partial charge in [0.2, 0.25) is 0 Å². The molecule has 5 heterocycles. The lowest BCUT2D eigenvalue weighted by atomic mass is 9.84. The summed E-state index contributed by atoms with van der Waals surface area (Å²) in [6.45, 7) is 3.29. The molecule has 1 amide bonds. The van der Waals surface area contributed by atoms with E-state index in [1.165, 1.54) is 25.9 Å². The van der Waals surface area contributed by atoms with E-state index in [9.17, 15) is 4.79 Å². The van der Waals surface area contributed by atoms with Gasteiger partial charge < -0.3 is 19.1 Å². The van der Waals surface area contributed by atoms with Crippen LogP contribution in [0.5, 0.6) is 0 Å². The van der Waals surface area contributed by atoms with Crippen LogP contribution in [0.2, 0.25) is 0 Å². The number of hydrogen-bond acceptors (Lipinski definition) is 4. The highest BCUT2D eigenvalue weighted by Crippen LogP contribution is 2.28. The molecule has 3 aliphatic heterocycles. The van der Waals surface area contributed by atoms with Crippen LogP contribution in [0.1, 0.15) is 23.4 Å². The number of furan rings is 2. The largest absolute Gasteiger partial charge is 0.461 e. The van der Waals surface area contributed by atoms with Crippen molar-refractivity contribution in [2.45, 2.75) is 18.9 Å². The van der Waals surface area contributed by atoms with Crippen molar-refractivity contribution in [1.82, 2.24) is 10.2 Å². The monoisotopic (exact) mass is 286 g/mol. The van der Waals surface area contributed by atoms with Gasteiger partial charge in [-0.05, 0) is 56.1 Å². The first-order chi connectivity index (χ1) is 10.3. The van der Waals surface area contributed by atoms with Crippen LogP contribution in [0.3, 0.4) is 0 Å². The summed E-state index contributed by atoms with van der Waals surface area (Å²) in [5.41, 5.74) is 0. The van der Waals surface area contributed by atoms with E-state index in [1.807, 2.05) is 6.07 Å². The smallest absolute Gasteiger partial charge is 0.287 e. The van der Waals surface area contributed by atoms with E-state index >= 15 is 0 Å². The fourth-order valence-electron chi connectivity index (χ4n) is 3.38. The molecule has 2 aromatic heterocycles. The third kappa shape index (κ3) is 2.38. The Morgan fingerprint density at radius 3 is 2.71 bits per heavy atom. The molecule has 5 heteroatoms. The zero-order valence-electron chi connectivity index (χ0n) is 11.7. The Morgan fingerprint density at radius 2 is 2.05 bits per heavy atom. The fraction of sp³-hybridized carbons (Fsp3) is 0.438. The third-order valence-electron chi connectivity index (χ3n) is 4.57. The van der Waals surface area contributed by atoms with Crippen LogP contribution in [0.15, 0.2) is 39.4 Å². The highest BCUT2D eigenvalue weighted by molar-refractivity contribution is 5.92. The highest BCUT2D eigenvalue weighted by Gasteiger charge is 2.35. The molecule has 3 fully saturated rings. The lowest BCUT2D eigenvalue weighted by Crippen LogP contribution is -2.57. The maximum Gasteiger partial charge on any atom is 0.287 e. The molecule has 0 radical (unpaired) electrons. The normalized spacial score (nSPS) is 27.7. The molecule has 21 heavy (non-hydrogen) atoms. The van der Waals surface area contributed by atoms with Crippen molar-refractivity contribution in [3.8, 4) is 11.5 Å². The molecular weight excluding hydrogens is 268 g/mol. The quantitative estimate of drug-likeness (QED) is 0.941. The van der Waals surface area contributed by atoms with Crippen molar-refractivity contribution in [1.29, 1.82) is 0 Å². The van der Waals surface area contributed by atoms with Gasteiger partial charge in [0.25, 0.3) is 5.91 Å². The minimum Gasteiger partial charge on any atom is -0.461 e. The second-order valence-corrected chi connectivity index (χ2v) is 5.86. The van der Waals surface area contributed by atoms with E-state index in [-0.39, 0.29) is 11.9 Å². The maximum atomic E-state index is 12.3. The van der Waals surface area contributed by atoms with Gasteiger partial charge in [-0.1, -0.05) is 0 Å². The molecule has 0 aromatic carbocycles. The summed E-state index contributed by atoms with van der Waals surface area (Å²) >= 11 is 0. The molecule has 0 aliphatic carbocycles. The summed E-state index contributed by atoms with van der Waals surface area (Å²) in [7, 11) is 0. The number of nitrogens with zero attached hydrogens (tertiary/aromatic N) is 1. The zero-order valence-corrected chi connectivity index (χ0v) is 11.7. The fourth-order valence-corrected chi connectivity index (χ4v) is 3.38. The van der Waals surface area contributed by atoms with Crippen LogP contribution < -0.4 is 5.32 Å². The molecule has 0 saturated carbocycles. The van der Waals surface area contributed by atoms with Gasteiger partial charge in [-0.3, -0.25) is 4.79 Å². The zero-order chi connectivity index (χ0) is 14.2. The predicted octanol–water partition coefficient (Wildman–Crippen LogP) is 2.36. The first-order valence-corrected chi connectivity index (χ1v) is 7.46. The van der Waals surface area contributed by atoms with Crippen LogP contribution in [-0.4, -0.2) is 36.5 Å². The topological polar surface area (TPSA) is 58.6 Å². The van der Waals surface area contributed by atoms with Crippen LogP contribution in [0.4, 0.5) is 0 Å². The van der Waals surface area contributed by atoms with E-state index < -0.39 is 0 Å². The number of piperidine rings is 3. The Kier molecular flexibility index (Phi) is 3.07. The van der Waals surface area contributed by atoms with Crippen molar-refractivity contribution in [2.75, 3.05) is 19.6 Å². The molecular formula is C16H18N2O3. The SMILES string of the molecule is O=C(NC1CN2CCC1CC2)c1ccc(-c2ccco2)o1. The second kappa shape index (κ2) is 5.07. The van der Waals surface area contributed by atoms with Crippen LogP contribution in [-0.2, 0) is 0 Å². The van der Waals surface area contributed by atoms with Crippen molar-refractivity contribution < 1.29 is 13.6 Å². The Balaban J connectivity index is 1.46. The van der Waals surface area contributed by atoms with Crippen molar-refractivity contribution in [3.05, 3.63) is 36.3 Å². The minimum atomic E-state index is -0.133. The van der Waals surface area contributed by atoms with Crippen LogP contribution in [0, 0.1) is 5.92 Å². The molecule has 0 spiro atoms. The molecule has 5 nitrogen and oxygen atoms in total. The molecule has 2 bridgehead atoms. The van der Waals surface area contributed by atoms with E-state index in [0.29, 0.717) is 23.2 Å². The molecule has 5 rings (SSSR count). The Hall–Kier alpha value is -2.01. The van der Waals surface area contributed by atoms with Gasteiger partial charge in [0.1, 0.15) is 0 Å².